The van der Waals surface area contributed by atoms with Gasteiger partial charge in [0.05, 0.1) is 11.4 Å². The molecular formula is C14H11N3O3S. The van der Waals surface area contributed by atoms with Crippen LogP contribution in [-0.2, 0) is 11.2 Å². The molecule has 0 saturated carbocycles. The number of hydrogen-bond acceptors (Lipinski definition) is 5. The first-order chi connectivity index (χ1) is 10.1. The third-order valence-corrected chi connectivity index (χ3v) is 3.49. The number of nitrogens with zero attached hydrogens (tertiary/aromatic N) is 2. The first kappa shape index (κ1) is 14.8. The van der Waals surface area contributed by atoms with Gasteiger partial charge in [-0.2, -0.15) is 5.26 Å². The summed E-state index contributed by atoms with van der Waals surface area (Å²) in [7, 11) is 0. The maximum absolute atomic E-state index is 11.8. The summed E-state index contributed by atoms with van der Waals surface area (Å²) >= 11 is 0.911. The van der Waals surface area contributed by atoms with E-state index in [-0.39, 0.29) is 16.5 Å². The van der Waals surface area contributed by atoms with Gasteiger partial charge >= 0.3 is 5.97 Å². The maximum Gasteiger partial charge on any atom is 0.313 e. The molecule has 7 heteroatoms. The Morgan fingerprint density at radius 1 is 1.38 bits per heavy atom. The molecule has 106 valence electrons. The molecule has 0 fully saturated rings. The molecule has 2 rings (SSSR count). The number of carboxylic acids is 1. The van der Waals surface area contributed by atoms with Crippen molar-refractivity contribution in [2.75, 3.05) is 5.75 Å². The molecule has 0 aliphatic rings. The van der Waals surface area contributed by atoms with Crippen LogP contribution in [0.15, 0.2) is 40.3 Å². The summed E-state index contributed by atoms with van der Waals surface area (Å²) in [5.74, 6) is -1.21. The lowest BCUT2D eigenvalue weighted by Crippen LogP contribution is -2.17. The predicted octanol–water partition coefficient (Wildman–Crippen LogP) is 1.41. The number of thioether (sulfide) groups is 1. The SMILES string of the molecule is N#Cc1c(Cc2ccccc2)nc(SCC(=O)O)[nH]c1=O. The Bertz CT molecular complexity index is 750. The van der Waals surface area contributed by atoms with Crippen molar-refractivity contribution in [2.24, 2.45) is 0 Å². The van der Waals surface area contributed by atoms with Crippen LogP contribution in [0, 0.1) is 11.3 Å². The van der Waals surface area contributed by atoms with Gasteiger partial charge in [0, 0.05) is 6.42 Å². The van der Waals surface area contributed by atoms with E-state index in [0.717, 1.165) is 17.3 Å². The molecule has 1 heterocycles. The van der Waals surface area contributed by atoms with Crippen LogP contribution in [0.5, 0.6) is 0 Å². The number of aromatic nitrogens is 2. The van der Waals surface area contributed by atoms with E-state index in [4.69, 9.17) is 10.4 Å². The molecular weight excluding hydrogens is 290 g/mol. The highest BCUT2D eigenvalue weighted by Crippen LogP contribution is 2.15. The molecule has 0 aliphatic carbocycles. The van der Waals surface area contributed by atoms with Crippen molar-refractivity contribution >= 4 is 17.7 Å². The molecule has 2 aromatic rings. The summed E-state index contributed by atoms with van der Waals surface area (Å²) < 4.78 is 0. The molecule has 0 saturated heterocycles. The topological polar surface area (TPSA) is 107 Å². The molecule has 0 unspecified atom stereocenters. The van der Waals surface area contributed by atoms with Crippen molar-refractivity contribution in [1.29, 1.82) is 5.26 Å². The van der Waals surface area contributed by atoms with Gasteiger partial charge in [0.2, 0.25) is 0 Å². The number of hydrogen-bond donors (Lipinski definition) is 2. The lowest BCUT2D eigenvalue weighted by molar-refractivity contribution is -0.133. The molecule has 1 aromatic carbocycles. The number of rotatable bonds is 5. The van der Waals surface area contributed by atoms with Crippen LogP contribution in [-0.4, -0.2) is 26.8 Å². The fourth-order valence-corrected chi connectivity index (χ4v) is 2.33. The molecule has 0 amide bonds. The van der Waals surface area contributed by atoms with Crippen molar-refractivity contribution in [2.45, 2.75) is 11.6 Å². The molecule has 0 radical (unpaired) electrons. The largest absolute Gasteiger partial charge is 0.481 e. The average molecular weight is 301 g/mol. The zero-order chi connectivity index (χ0) is 15.2. The minimum Gasteiger partial charge on any atom is -0.481 e. The number of nitriles is 1. The van der Waals surface area contributed by atoms with E-state index in [0.29, 0.717) is 12.1 Å². The highest BCUT2D eigenvalue weighted by Gasteiger charge is 2.13. The van der Waals surface area contributed by atoms with Crippen LogP contribution in [0.3, 0.4) is 0 Å². The molecule has 6 nitrogen and oxygen atoms in total. The number of nitrogens with one attached hydrogen (secondary N) is 1. The Kier molecular flexibility index (Phi) is 4.74. The maximum atomic E-state index is 11.8. The van der Waals surface area contributed by atoms with Crippen molar-refractivity contribution < 1.29 is 9.90 Å². The summed E-state index contributed by atoms with van der Waals surface area (Å²) in [6.07, 6.45) is 0.342. The van der Waals surface area contributed by atoms with E-state index in [1.807, 2.05) is 36.4 Å². The molecule has 1 aromatic heterocycles. The Morgan fingerprint density at radius 3 is 2.71 bits per heavy atom. The van der Waals surface area contributed by atoms with Gasteiger partial charge in [-0.15, -0.1) is 0 Å². The monoisotopic (exact) mass is 301 g/mol. The van der Waals surface area contributed by atoms with Crippen LogP contribution < -0.4 is 5.56 Å². The number of carbonyl (C=O) groups is 1. The smallest absolute Gasteiger partial charge is 0.313 e. The molecule has 0 bridgehead atoms. The molecule has 2 N–H and O–H groups in total. The Balaban J connectivity index is 2.36. The van der Waals surface area contributed by atoms with Gasteiger partial charge in [0.25, 0.3) is 5.56 Å². The van der Waals surface area contributed by atoms with Crippen LogP contribution in [0.4, 0.5) is 0 Å². The van der Waals surface area contributed by atoms with Gasteiger partial charge in [-0.25, -0.2) is 4.98 Å². The minimum absolute atomic E-state index is 0.0430. The molecule has 21 heavy (non-hydrogen) atoms. The zero-order valence-electron chi connectivity index (χ0n) is 10.9. The van der Waals surface area contributed by atoms with Gasteiger partial charge in [-0.05, 0) is 5.56 Å². The van der Waals surface area contributed by atoms with E-state index >= 15 is 0 Å². The van der Waals surface area contributed by atoms with Gasteiger partial charge in [-0.1, -0.05) is 42.1 Å². The molecule has 0 spiro atoms. The highest BCUT2D eigenvalue weighted by molar-refractivity contribution is 7.99. The normalized spacial score (nSPS) is 10.0. The van der Waals surface area contributed by atoms with E-state index in [9.17, 15) is 9.59 Å². The lowest BCUT2D eigenvalue weighted by Gasteiger charge is -2.05. The lowest BCUT2D eigenvalue weighted by atomic mass is 10.1. The summed E-state index contributed by atoms with van der Waals surface area (Å²) in [6.45, 7) is 0. The van der Waals surface area contributed by atoms with Crippen LogP contribution >= 0.6 is 11.8 Å². The van der Waals surface area contributed by atoms with Gasteiger partial charge in [-0.3, -0.25) is 9.59 Å². The van der Waals surface area contributed by atoms with Gasteiger partial charge in [0.15, 0.2) is 5.16 Å². The van der Waals surface area contributed by atoms with Crippen molar-refractivity contribution in [3.8, 4) is 6.07 Å². The standard InChI is InChI=1S/C14H11N3O3S/c15-7-10-11(6-9-4-2-1-3-5-9)16-14(17-13(10)20)21-8-12(18)19/h1-5H,6,8H2,(H,18,19)(H,16,17,20). The number of aliphatic carboxylic acids is 1. The van der Waals surface area contributed by atoms with Crippen LogP contribution in [0.25, 0.3) is 0 Å². The van der Waals surface area contributed by atoms with Gasteiger partial charge in [0.1, 0.15) is 11.6 Å². The summed E-state index contributed by atoms with van der Waals surface area (Å²) in [6, 6.07) is 11.2. The van der Waals surface area contributed by atoms with E-state index < -0.39 is 11.5 Å². The molecule has 0 aliphatic heterocycles. The fourth-order valence-electron chi connectivity index (χ4n) is 1.73. The minimum atomic E-state index is -1.00. The first-order valence-electron chi connectivity index (χ1n) is 6.02. The number of benzene rings is 1. The van der Waals surface area contributed by atoms with Gasteiger partial charge < -0.3 is 10.1 Å². The van der Waals surface area contributed by atoms with Crippen molar-refractivity contribution in [1.82, 2.24) is 9.97 Å². The third kappa shape index (κ3) is 3.94. The predicted molar refractivity (Wildman–Crippen MR) is 77.2 cm³/mol. The van der Waals surface area contributed by atoms with E-state index in [1.54, 1.807) is 0 Å². The average Bonchev–Trinajstić information content (AvgIpc) is 2.46. The summed E-state index contributed by atoms with van der Waals surface area (Å²) in [4.78, 5) is 29.0. The van der Waals surface area contributed by atoms with E-state index in [2.05, 4.69) is 9.97 Å². The Hall–Kier alpha value is -2.59. The second kappa shape index (κ2) is 6.72. The number of carboxylic acid groups (broad SMARTS) is 1. The first-order valence-corrected chi connectivity index (χ1v) is 7.00. The highest BCUT2D eigenvalue weighted by atomic mass is 32.2. The fraction of sp³-hybridized carbons (Fsp3) is 0.143. The Labute approximate surface area is 124 Å². The van der Waals surface area contributed by atoms with Crippen LogP contribution in [0.2, 0.25) is 0 Å². The van der Waals surface area contributed by atoms with E-state index in [1.165, 1.54) is 0 Å². The quantitative estimate of drug-likeness (QED) is 0.638. The van der Waals surface area contributed by atoms with Crippen molar-refractivity contribution in [3.05, 3.63) is 57.5 Å². The van der Waals surface area contributed by atoms with Crippen LogP contribution in [0.1, 0.15) is 16.8 Å². The summed E-state index contributed by atoms with van der Waals surface area (Å²) in [5.41, 5.74) is 0.673. The number of H-pyrrole nitrogens is 1. The Morgan fingerprint density at radius 2 is 2.10 bits per heavy atom. The summed E-state index contributed by atoms with van der Waals surface area (Å²) in [5, 5.41) is 17.9. The zero-order valence-corrected chi connectivity index (χ0v) is 11.7. The second-order valence-corrected chi connectivity index (χ2v) is 5.11. The molecule has 0 atom stereocenters. The van der Waals surface area contributed by atoms with Crippen molar-refractivity contribution in [3.63, 3.8) is 0 Å². The number of aromatic amines is 1. The third-order valence-electron chi connectivity index (χ3n) is 2.63. The second-order valence-electron chi connectivity index (χ2n) is 4.15.